The monoisotopic (exact) mass is 356 g/mol. The number of nitro benzene ring substituents is 1. The largest absolute Gasteiger partial charge is 0.493 e. The minimum Gasteiger partial charge on any atom is -0.493 e. The number of rotatable bonds is 7. The van der Waals surface area contributed by atoms with Crippen LogP contribution in [-0.2, 0) is 4.79 Å². The van der Waals surface area contributed by atoms with Crippen LogP contribution in [-0.4, -0.2) is 24.0 Å². The van der Waals surface area contributed by atoms with Gasteiger partial charge in [0.25, 0.3) is 5.69 Å². The zero-order valence-corrected chi connectivity index (χ0v) is 14.8. The minimum atomic E-state index is -0.515. The van der Waals surface area contributed by atoms with Crippen LogP contribution in [0.1, 0.15) is 19.4 Å². The summed E-state index contributed by atoms with van der Waals surface area (Å²) in [6, 6.07) is 11.1. The molecule has 0 spiro atoms. The number of carbonyl (C=O) groups is 1. The maximum Gasteiger partial charge on any atom is 0.271 e. The predicted octanol–water partition coefficient (Wildman–Crippen LogP) is 4.04. The lowest BCUT2D eigenvalue weighted by atomic mass is 10.2. The molecule has 0 aliphatic heterocycles. The maximum atomic E-state index is 12.0. The van der Waals surface area contributed by atoms with E-state index in [1.807, 2.05) is 13.8 Å². The van der Waals surface area contributed by atoms with E-state index in [4.69, 9.17) is 9.47 Å². The Morgan fingerprint density at radius 3 is 2.62 bits per heavy atom. The molecular formula is C19H20N2O5. The minimum absolute atomic E-state index is 0.0194. The van der Waals surface area contributed by atoms with Gasteiger partial charge < -0.3 is 14.8 Å². The Kier molecular flexibility index (Phi) is 6.32. The molecule has 0 aliphatic rings. The van der Waals surface area contributed by atoms with E-state index in [-0.39, 0.29) is 11.8 Å². The molecule has 0 radical (unpaired) electrons. The van der Waals surface area contributed by atoms with Crippen molar-refractivity contribution < 1.29 is 19.2 Å². The second kappa shape index (κ2) is 8.66. The molecule has 2 rings (SSSR count). The van der Waals surface area contributed by atoms with Gasteiger partial charge in [0, 0.05) is 23.9 Å². The highest BCUT2D eigenvalue weighted by atomic mass is 16.6. The summed E-state index contributed by atoms with van der Waals surface area (Å²) in [5.41, 5.74) is 1.02. The highest BCUT2D eigenvalue weighted by Crippen LogP contribution is 2.29. The van der Waals surface area contributed by atoms with E-state index in [1.54, 1.807) is 37.5 Å². The standard InChI is InChI=1S/C19H20N2O5/c1-13(2)26-17-9-7-14(11-18(17)25-3)8-10-19(22)20-15-5-4-6-16(12-15)21(23)24/h4-13H,1-3H3,(H,20,22). The number of ether oxygens (including phenoxy) is 2. The van der Waals surface area contributed by atoms with Crippen LogP contribution in [0.2, 0.25) is 0 Å². The van der Waals surface area contributed by atoms with Crippen LogP contribution in [0.5, 0.6) is 11.5 Å². The molecule has 0 fully saturated rings. The predicted molar refractivity (Wildman–Crippen MR) is 99.5 cm³/mol. The van der Waals surface area contributed by atoms with Gasteiger partial charge in [-0.15, -0.1) is 0 Å². The van der Waals surface area contributed by atoms with Gasteiger partial charge in [0.2, 0.25) is 5.91 Å². The topological polar surface area (TPSA) is 90.7 Å². The van der Waals surface area contributed by atoms with Crippen molar-refractivity contribution in [3.63, 3.8) is 0 Å². The van der Waals surface area contributed by atoms with E-state index in [1.165, 1.54) is 24.3 Å². The summed E-state index contributed by atoms with van der Waals surface area (Å²) in [5, 5.41) is 13.3. The Balaban J connectivity index is 2.08. The Morgan fingerprint density at radius 2 is 1.96 bits per heavy atom. The van der Waals surface area contributed by atoms with Gasteiger partial charge in [0.1, 0.15) is 0 Å². The Morgan fingerprint density at radius 1 is 1.19 bits per heavy atom. The van der Waals surface area contributed by atoms with Crippen LogP contribution in [0.25, 0.3) is 6.08 Å². The van der Waals surface area contributed by atoms with E-state index in [0.29, 0.717) is 17.2 Å². The zero-order chi connectivity index (χ0) is 19.1. The fraction of sp³-hybridized carbons (Fsp3) is 0.211. The Hall–Kier alpha value is -3.35. The fourth-order valence-electron chi connectivity index (χ4n) is 2.19. The zero-order valence-electron chi connectivity index (χ0n) is 14.8. The van der Waals surface area contributed by atoms with Crippen LogP contribution < -0.4 is 14.8 Å². The van der Waals surface area contributed by atoms with Gasteiger partial charge in [0.05, 0.1) is 18.1 Å². The summed E-state index contributed by atoms with van der Waals surface area (Å²) in [6.45, 7) is 3.84. The van der Waals surface area contributed by atoms with E-state index in [0.717, 1.165) is 5.56 Å². The molecule has 7 heteroatoms. The van der Waals surface area contributed by atoms with Crippen molar-refractivity contribution in [2.45, 2.75) is 20.0 Å². The van der Waals surface area contributed by atoms with E-state index < -0.39 is 10.8 Å². The number of benzene rings is 2. The number of anilines is 1. The van der Waals surface area contributed by atoms with Crippen LogP contribution >= 0.6 is 0 Å². The van der Waals surface area contributed by atoms with Crippen molar-refractivity contribution in [1.82, 2.24) is 0 Å². The highest BCUT2D eigenvalue weighted by Gasteiger charge is 2.08. The molecule has 26 heavy (non-hydrogen) atoms. The van der Waals surface area contributed by atoms with E-state index in [2.05, 4.69) is 5.32 Å². The molecule has 1 N–H and O–H groups in total. The molecule has 0 aliphatic carbocycles. The second-order valence-electron chi connectivity index (χ2n) is 5.71. The molecule has 0 unspecified atom stereocenters. The van der Waals surface area contributed by atoms with Gasteiger partial charge in [-0.25, -0.2) is 0 Å². The summed E-state index contributed by atoms with van der Waals surface area (Å²) in [7, 11) is 1.55. The van der Waals surface area contributed by atoms with E-state index >= 15 is 0 Å². The first-order valence-corrected chi connectivity index (χ1v) is 7.97. The molecule has 1 amide bonds. The average molecular weight is 356 g/mol. The van der Waals surface area contributed by atoms with Crippen LogP contribution in [0.3, 0.4) is 0 Å². The first-order valence-electron chi connectivity index (χ1n) is 7.97. The van der Waals surface area contributed by atoms with Gasteiger partial charge in [-0.3, -0.25) is 14.9 Å². The molecular weight excluding hydrogens is 336 g/mol. The SMILES string of the molecule is COc1cc(C=CC(=O)Nc2cccc([N+](=O)[O-])c2)ccc1OC(C)C. The third kappa shape index (κ3) is 5.34. The van der Waals surface area contributed by atoms with Crippen molar-refractivity contribution >= 4 is 23.4 Å². The van der Waals surface area contributed by atoms with Crippen molar-refractivity contribution in [3.8, 4) is 11.5 Å². The molecule has 7 nitrogen and oxygen atoms in total. The van der Waals surface area contributed by atoms with Gasteiger partial charge in [-0.1, -0.05) is 12.1 Å². The summed E-state index contributed by atoms with van der Waals surface area (Å²) < 4.78 is 10.9. The fourth-order valence-corrected chi connectivity index (χ4v) is 2.19. The molecule has 0 atom stereocenters. The number of nitrogens with zero attached hydrogens (tertiary/aromatic N) is 1. The summed E-state index contributed by atoms with van der Waals surface area (Å²) in [5.74, 6) is 0.799. The third-order valence-electron chi connectivity index (χ3n) is 3.30. The molecule has 2 aromatic carbocycles. The normalized spacial score (nSPS) is 10.8. The molecule has 2 aromatic rings. The van der Waals surface area contributed by atoms with Gasteiger partial charge in [-0.2, -0.15) is 0 Å². The number of hydrogen-bond acceptors (Lipinski definition) is 5. The molecule has 0 saturated heterocycles. The number of nitro groups is 1. The molecule has 0 saturated carbocycles. The Labute approximate surface area is 151 Å². The summed E-state index contributed by atoms with van der Waals surface area (Å²) >= 11 is 0. The Bertz CT molecular complexity index is 830. The van der Waals surface area contributed by atoms with Crippen LogP contribution in [0.4, 0.5) is 11.4 Å². The van der Waals surface area contributed by atoms with Crippen molar-refractivity contribution in [2.75, 3.05) is 12.4 Å². The average Bonchev–Trinajstić information content (AvgIpc) is 2.60. The van der Waals surface area contributed by atoms with E-state index in [9.17, 15) is 14.9 Å². The van der Waals surface area contributed by atoms with Gasteiger partial charge >= 0.3 is 0 Å². The number of nitrogens with one attached hydrogen (secondary N) is 1. The second-order valence-corrected chi connectivity index (χ2v) is 5.71. The lowest BCUT2D eigenvalue weighted by Crippen LogP contribution is -2.08. The summed E-state index contributed by atoms with van der Waals surface area (Å²) in [4.78, 5) is 22.3. The highest BCUT2D eigenvalue weighted by molar-refractivity contribution is 6.02. The first-order chi connectivity index (χ1) is 12.4. The van der Waals surface area contributed by atoms with Crippen molar-refractivity contribution in [3.05, 3.63) is 64.2 Å². The molecule has 0 bridgehead atoms. The van der Waals surface area contributed by atoms with Crippen LogP contribution in [0.15, 0.2) is 48.5 Å². The van der Waals surface area contributed by atoms with Crippen LogP contribution in [0, 0.1) is 10.1 Å². The third-order valence-corrected chi connectivity index (χ3v) is 3.30. The van der Waals surface area contributed by atoms with Gasteiger partial charge in [-0.05, 0) is 43.7 Å². The number of hydrogen-bond donors (Lipinski definition) is 1. The first kappa shape index (κ1) is 19.0. The van der Waals surface area contributed by atoms with Gasteiger partial charge in [0.15, 0.2) is 11.5 Å². The van der Waals surface area contributed by atoms with Crippen molar-refractivity contribution in [1.29, 1.82) is 0 Å². The lowest BCUT2D eigenvalue weighted by molar-refractivity contribution is -0.384. The van der Waals surface area contributed by atoms with Crippen molar-refractivity contribution in [2.24, 2.45) is 0 Å². The quantitative estimate of drug-likeness (QED) is 0.459. The molecule has 0 heterocycles. The number of amides is 1. The lowest BCUT2D eigenvalue weighted by Gasteiger charge is -2.13. The molecule has 0 aromatic heterocycles. The molecule has 136 valence electrons. The summed E-state index contributed by atoms with van der Waals surface area (Å²) in [6.07, 6.45) is 2.98. The maximum absolute atomic E-state index is 12.0. The number of non-ortho nitro benzene ring substituents is 1. The number of carbonyl (C=O) groups excluding carboxylic acids is 1. The smallest absolute Gasteiger partial charge is 0.271 e. The number of methoxy groups -OCH3 is 1.